The molecular formula is C39H54N8O7. The molecular weight excluding hydrogens is 692 g/mol. The van der Waals surface area contributed by atoms with Gasteiger partial charge in [-0.2, -0.15) is 5.10 Å². The van der Waals surface area contributed by atoms with Gasteiger partial charge in [-0.1, -0.05) is 34.1 Å². The third-order valence-corrected chi connectivity index (χ3v) is 9.38. The number of nitrogens with zero attached hydrogens (tertiary/aromatic N) is 4. The summed E-state index contributed by atoms with van der Waals surface area (Å²) in [6, 6.07) is 5.12. The van der Waals surface area contributed by atoms with Crippen LogP contribution >= 0.6 is 0 Å². The van der Waals surface area contributed by atoms with Gasteiger partial charge in [0.25, 0.3) is 5.91 Å². The maximum atomic E-state index is 14.7. The average molecular weight is 747 g/mol. The van der Waals surface area contributed by atoms with Gasteiger partial charge >= 0.3 is 6.03 Å². The standard InChI is InChI=1S/C39H54N8O7/c1-10-12-26(31(48)34(50)41-23-13-14-23)43-33(49)28-21-39(8,22-46(28)35(51)32(37(2,3)4)44-36(52)45-38(5,6)7)54-29-20-30(47-18-11-17-40-47)42-27-19-24(53-9)15-16-25(27)29/h11,15-20,23,26,28,32H,10,12-14,21-22H2,1-9H3,(H,41,50)(H,43,49)(H2,44,45,52)/t26-,28-,32+,39-/m0/s1. The summed E-state index contributed by atoms with van der Waals surface area (Å²) in [5.74, 6) is -1.05. The van der Waals surface area contributed by atoms with Crippen molar-refractivity contribution in [3.63, 3.8) is 0 Å². The minimum Gasteiger partial charge on any atom is -0.497 e. The molecule has 1 saturated heterocycles. The van der Waals surface area contributed by atoms with Gasteiger partial charge in [-0.05, 0) is 70.6 Å². The molecule has 54 heavy (non-hydrogen) atoms. The molecule has 1 aliphatic carbocycles. The Balaban J connectivity index is 1.52. The highest BCUT2D eigenvalue weighted by Crippen LogP contribution is 2.38. The third kappa shape index (κ3) is 9.66. The Morgan fingerprint density at radius 3 is 2.35 bits per heavy atom. The second kappa shape index (κ2) is 15.6. The zero-order valence-electron chi connectivity index (χ0n) is 32.7. The molecule has 3 heterocycles. The predicted molar refractivity (Wildman–Crippen MR) is 202 cm³/mol. The maximum absolute atomic E-state index is 14.7. The summed E-state index contributed by atoms with van der Waals surface area (Å²) < 4.78 is 13.9. The topological polar surface area (TPSA) is 186 Å². The van der Waals surface area contributed by atoms with Crippen molar-refractivity contribution in [2.75, 3.05) is 13.7 Å². The number of amides is 5. The smallest absolute Gasteiger partial charge is 0.315 e. The number of pyridine rings is 1. The lowest BCUT2D eigenvalue weighted by atomic mass is 9.85. The van der Waals surface area contributed by atoms with E-state index in [1.807, 2.05) is 61.5 Å². The van der Waals surface area contributed by atoms with Crippen molar-refractivity contribution in [1.29, 1.82) is 0 Å². The Morgan fingerprint density at radius 2 is 1.76 bits per heavy atom. The van der Waals surface area contributed by atoms with Crippen LogP contribution in [0.1, 0.15) is 87.5 Å². The second-order valence-corrected chi connectivity index (χ2v) is 16.7. The molecule has 1 saturated carbocycles. The molecule has 2 aliphatic rings. The number of likely N-dealkylation sites (tertiary alicyclic amines) is 1. The highest BCUT2D eigenvalue weighted by Gasteiger charge is 2.51. The van der Waals surface area contributed by atoms with E-state index in [-0.39, 0.29) is 25.4 Å². The normalized spacial score (nSPS) is 19.8. The van der Waals surface area contributed by atoms with Crippen LogP contribution in [0.15, 0.2) is 42.7 Å². The second-order valence-electron chi connectivity index (χ2n) is 16.7. The molecule has 3 aromatic rings. The first kappa shape index (κ1) is 40.0. The number of Topliss-reactive ketones (excluding diaryl/α,β-unsaturated/α-hetero) is 1. The Hall–Kier alpha value is -5.21. The first-order valence-corrected chi connectivity index (χ1v) is 18.5. The van der Waals surface area contributed by atoms with Crippen molar-refractivity contribution in [3.8, 4) is 17.3 Å². The third-order valence-electron chi connectivity index (χ3n) is 9.38. The molecule has 0 unspecified atom stereocenters. The van der Waals surface area contributed by atoms with E-state index in [1.54, 1.807) is 48.5 Å². The van der Waals surface area contributed by atoms with Crippen LogP contribution in [0.4, 0.5) is 4.79 Å². The molecule has 4 N–H and O–H groups in total. The molecule has 5 amide bonds. The first-order valence-electron chi connectivity index (χ1n) is 18.5. The minimum atomic E-state index is -1.14. The van der Waals surface area contributed by atoms with E-state index < -0.39 is 64.2 Å². The summed E-state index contributed by atoms with van der Waals surface area (Å²) >= 11 is 0. The lowest BCUT2D eigenvalue weighted by Gasteiger charge is -2.36. The summed E-state index contributed by atoms with van der Waals surface area (Å²) in [6.07, 6.45) is 5.80. The highest BCUT2D eigenvalue weighted by molar-refractivity contribution is 6.38. The van der Waals surface area contributed by atoms with E-state index in [2.05, 4.69) is 26.4 Å². The summed E-state index contributed by atoms with van der Waals surface area (Å²) in [5, 5.41) is 16.2. The van der Waals surface area contributed by atoms with Crippen molar-refractivity contribution in [2.45, 2.75) is 123 Å². The molecule has 15 nitrogen and oxygen atoms in total. The number of carbonyl (C=O) groups excluding carboxylic acids is 5. The molecule has 0 spiro atoms. The van der Waals surface area contributed by atoms with Gasteiger partial charge in [-0.15, -0.1) is 0 Å². The molecule has 1 aromatic carbocycles. The molecule has 1 aliphatic heterocycles. The van der Waals surface area contributed by atoms with Gasteiger partial charge in [0.1, 0.15) is 29.2 Å². The predicted octanol–water partition coefficient (Wildman–Crippen LogP) is 3.81. The summed E-state index contributed by atoms with van der Waals surface area (Å²) in [6.45, 7) is 14.6. The van der Waals surface area contributed by atoms with Gasteiger partial charge < -0.3 is 35.6 Å². The van der Waals surface area contributed by atoms with E-state index >= 15 is 0 Å². The number of benzene rings is 1. The lowest BCUT2D eigenvalue weighted by molar-refractivity contribution is -0.144. The number of ketones is 1. The van der Waals surface area contributed by atoms with Crippen LogP contribution in [0.25, 0.3) is 16.7 Å². The van der Waals surface area contributed by atoms with Crippen molar-refractivity contribution >= 4 is 40.4 Å². The van der Waals surface area contributed by atoms with Gasteiger partial charge in [-0.25, -0.2) is 14.5 Å². The molecule has 5 rings (SSSR count). The van der Waals surface area contributed by atoms with Crippen molar-refractivity contribution in [2.24, 2.45) is 5.41 Å². The monoisotopic (exact) mass is 746 g/mol. The van der Waals surface area contributed by atoms with E-state index in [0.717, 1.165) is 12.8 Å². The summed E-state index contributed by atoms with van der Waals surface area (Å²) in [5.41, 5.74) is -1.91. The number of nitrogens with one attached hydrogen (secondary N) is 4. The van der Waals surface area contributed by atoms with Gasteiger partial charge in [0.15, 0.2) is 5.82 Å². The Labute approximate surface area is 316 Å². The molecule has 2 aromatic heterocycles. The molecule has 292 valence electrons. The Morgan fingerprint density at radius 1 is 1.04 bits per heavy atom. The van der Waals surface area contributed by atoms with Crippen LogP contribution in [0.3, 0.4) is 0 Å². The minimum absolute atomic E-state index is 0.0308. The van der Waals surface area contributed by atoms with E-state index in [0.29, 0.717) is 34.6 Å². The van der Waals surface area contributed by atoms with Gasteiger partial charge in [0.05, 0.1) is 25.2 Å². The van der Waals surface area contributed by atoms with Crippen LogP contribution in [-0.4, -0.2) is 98.2 Å². The number of rotatable bonds is 13. The maximum Gasteiger partial charge on any atom is 0.315 e. The van der Waals surface area contributed by atoms with Crippen LogP contribution < -0.4 is 30.7 Å². The summed E-state index contributed by atoms with van der Waals surface area (Å²) in [7, 11) is 1.57. The number of aromatic nitrogens is 3. The van der Waals surface area contributed by atoms with Crippen molar-refractivity contribution < 1.29 is 33.4 Å². The van der Waals surface area contributed by atoms with Crippen molar-refractivity contribution in [1.82, 2.24) is 40.9 Å². The van der Waals surface area contributed by atoms with Gasteiger partial charge in [0.2, 0.25) is 17.6 Å². The lowest BCUT2D eigenvalue weighted by Crippen LogP contribution is -2.61. The largest absolute Gasteiger partial charge is 0.497 e. The summed E-state index contributed by atoms with van der Waals surface area (Å²) in [4.78, 5) is 74.5. The number of ether oxygens (including phenoxy) is 2. The highest BCUT2D eigenvalue weighted by atomic mass is 16.5. The van der Waals surface area contributed by atoms with E-state index in [4.69, 9.17) is 14.5 Å². The van der Waals surface area contributed by atoms with E-state index in [1.165, 1.54) is 4.90 Å². The number of carbonyl (C=O) groups is 5. The fourth-order valence-electron chi connectivity index (χ4n) is 6.55. The number of hydrogen-bond donors (Lipinski definition) is 4. The molecule has 0 radical (unpaired) electrons. The zero-order valence-corrected chi connectivity index (χ0v) is 32.7. The van der Waals surface area contributed by atoms with Crippen LogP contribution in [0.5, 0.6) is 11.5 Å². The Kier molecular flexibility index (Phi) is 11.6. The molecule has 0 bridgehead atoms. The number of urea groups is 1. The van der Waals surface area contributed by atoms with Crippen LogP contribution in [-0.2, 0) is 19.2 Å². The van der Waals surface area contributed by atoms with Crippen LogP contribution in [0.2, 0.25) is 0 Å². The molecule has 15 heteroatoms. The zero-order chi connectivity index (χ0) is 39.6. The Bertz CT molecular complexity index is 1880. The van der Waals surface area contributed by atoms with E-state index in [9.17, 15) is 24.0 Å². The fourth-order valence-corrected chi connectivity index (χ4v) is 6.55. The number of fused-ring (bicyclic) bond motifs is 1. The van der Waals surface area contributed by atoms with Crippen molar-refractivity contribution in [3.05, 3.63) is 42.7 Å². The first-order chi connectivity index (χ1) is 25.3. The average Bonchev–Trinajstić information content (AvgIpc) is 3.58. The number of hydrogen-bond acceptors (Lipinski definition) is 9. The van der Waals surface area contributed by atoms with Crippen LogP contribution in [0, 0.1) is 5.41 Å². The number of methoxy groups -OCH3 is 1. The van der Waals surface area contributed by atoms with Gasteiger partial charge in [0, 0.05) is 47.9 Å². The SMILES string of the molecule is CCC[C@H](NC(=O)[C@@H]1C[C@](C)(Oc2cc(-n3cccn3)nc3cc(OC)ccc23)CN1C(=O)[C@@H](NC(=O)NC(C)(C)C)C(C)(C)C)C(=O)C(=O)NC1CC1. The van der Waals surface area contributed by atoms with Gasteiger partial charge in [-0.3, -0.25) is 19.2 Å². The quantitative estimate of drug-likeness (QED) is 0.189. The molecule has 2 fully saturated rings. The fraction of sp³-hybridized carbons (Fsp3) is 0.564. The molecule has 4 atom stereocenters.